The molecular formula is C21H29N3O3. The first-order valence-corrected chi connectivity index (χ1v) is 10.1. The fourth-order valence-corrected chi connectivity index (χ4v) is 5.15. The van der Waals surface area contributed by atoms with Gasteiger partial charge in [-0.1, -0.05) is 30.3 Å². The third-order valence-electron chi connectivity index (χ3n) is 6.46. The molecule has 1 aromatic rings. The second-order valence-electron chi connectivity index (χ2n) is 8.19. The van der Waals surface area contributed by atoms with Gasteiger partial charge in [-0.15, -0.1) is 0 Å². The van der Waals surface area contributed by atoms with Gasteiger partial charge < -0.3 is 20.6 Å². The summed E-state index contributed by atoms with van der Waals surface area (Å²) in [5.74, 6) is 0.773. The molecule has 2 amide bonds. The number of rotatable bonds is 5. The number of hydrogen-bond acceptors (Lipinski definition) is 4. The van der Waals surface area contributed by atoms with Crippen LogP contribution in [0.25, 0.3) is 0 Å². The van der Waals surface area contributed by atoms with E-state index in [2.05, 4.69) is 15.5 Å². The second-order valence-corrected chi connectivity index (χ2v) is 8.19. The smallest absolute Gasteiger partial charge is 0.249 e. The van der Waals surface area contributed by atoms with Crippen molar-refractivity contribution in [3.63, 3.8) is 0 Å². The Balaban J connectivity index is 1.39. The zero-order valence-corrected chi connectivity index (χ0v) is 15.6. The maximum absolute atomic E-state index is 12.6. The molecule has 27 heavy (non-hydrogen) atoms. The van der Waals surface area contributed by atoms with Gasteiger partial charge in [-0.25, -0.2) is 0 Å². The second kappa shape index (κ2) is 7.98. The highest BCUT2D eigenvalue weighted by Crippen LogP contribution is 2.39. The van der Waals surface area contributed by atoms with Crippen LogP contribution in [0.2, 0.25) is 0 Å². The first kappa shape index (κ1) is 18.4. The van der Waals surface area contributed by atoms with Crippen molar-refractivity contribution in [2.45, 2.75) is 50.3 Å². The van der Waals surface area contributed by atoms with Crippen molar-refractivity contribution < 1.29 is 14.7 Å². The van der Waals surface area contributed by atoms with E-state index in [0.717, 1.165) is 37.9 Å². The van der Waals surface area contributed by atoms with E-state index in [1.807, 2.05) is 30.3 Å². The first-order valence-electron chi connectivity index (χ1n) is 10.1. The van der Waals surface area contributed by atoms with Gasteiger partial charge in [0.05, 0.1) is 6.04 Å². The quantitative estimate of drug-likeness (QED) is 0.712. The van der Waals surface area contributed by atoms with E-state index < -0.39 is 6.10 Å². The van der Waals surface area contributed by atoms with Gasteiger partial charge in [0.1, 0.15) is 6.10 Å². The standard InChI is InChI=1S/C21H29N3O3/c25-19(9-14-5-2-1-3-6-14)21(27)23-13-18-16-10-15(11-22-12-16)17-7-4-8-20(26)24(17)18/h1-3,5-6,15-19,22,25H,4,7-13H2,(H,23,27)/t15-,16+,17+,18+,19+/m1/s1. The predicted octanol–water partition coefficient (Wildman–Crippen LogP) is 0.695. The number of hydrogen-bond donors (Lipinski definition) is 3. The monoisotopic (exact) mass is 371 g/mol. The summed E-state index contributed by atoms with van der Waals surface area (Å²) in [5, 5.41) is 16.7. The van der Waals surface area contributed by atoms with Gasteiger partial charge in [-0.2, -0.15) is 0 Å². The molecule has 3 heterocycles. The Labute approximate surface area is 160 Å². The van der Waals surface area contributed by atoms with Crippen LogP contribution in [-0.2, 0) is 16.0 Å². The zero-order valence-electron chi connectivity index (χ0n) is 15.6. The number of aliphatic hydroxyl groups is 1. The minimum Gasteiger partial charge on any atom is -0.383 e. The molecule has 3 fully saturated rings. The van der Waals surface area contributed by atoms with Crippen LogP contribution in [-0.4, -0.2) is 59.6 Å². The van der Waals surface area contributed by atoms with E-state index in [0.29, 0.717) is 37.3 Å². The van der Waals surface area contributed by atoms with E-state index in [9.17, 15) is 14.7 Å². The third kappa shape index (κ3) is 3.87. The SMILES string of the molecule is O=C(NC[C@H]1[C@@H]2CNC[C@@H](C2)[C@@H]2CCCC(=O)N21)[C@@H](O)Cc1ccccc1. The van der Waals surface area contributed by atoms with Gasteiger partial charge in [0.25, 0.3) is 0 Å². The highest BCUT2D eigenvalue weighted by molar-refractivity contribution is 5.81. The van der Waals surface area contributed by atoms with Crippen molar-refractivity contribution in [2.75, 3.05) is 19.6 Å². The van der Waals surface area contributed by atoms with Crippen LogP contribution in [0.15, 0.2) is 30.3 Å². The maximum Gasteiger partial charge on any atom is 0.249 e. The Morgan fingerprint density at radius 3 is 2.85 bits per heavy atom. The van der Waals surface area contributed by atoms with Crippen molar-refractivity contribution in [1.29, 1.82) is 0 Å². The van der Waals surface area contributed by atoms with Crippen LogP contribution in [0.4, 0.5) is 0 Å². The molecule has 3 saturated heterocycles. The summed E-state index contributed by atoms with van der Waals surface area (Å²) in [4.78, 5) is 27.1. The minimum absolute atomic E-state index is 0.0275. The van der Waals surface area contributed by atoms with E-state index in [1.54, 1.807) is 0 Å². The maximum atomic E-state index is 12.6. The Hall–Kier alpha value is -1.92. The molecule has 5 atom stereocenters. The lowest BCUT2D eigenvalue weighted by Crippen LogP contribution is -2.66. The van der Waals surface area contributed by atoms with Gasteiger partial charge in [0.15, 0.2) is 0 Å². The summed E-state index contributed by atoms with van der Waals surface area (Å²) < 4.78 is 0. The minimum atomic E-state index is -1.07. The molecule has 146 valence electrons. The van der Waals surface area contributed by atoms with Crippen molar-refractivity contribution in [3.8, 4) is 0 Å². The summed E-state index contributed by atoms with van der Waals surface area (Å²) in [6, 6.07) is 9.85. The number of carbonyl (C=O) groups is 2. The molecule has 3 aliphatic heterocycles. The third-order valence-corrected chi connectivity index (χ3v) is 6.46. The summed E-state index contributed by atoms with van der Waals surface area (Å²) in [6.45, 7) is 2.30. The number of benzene rings is 1. The molecule has 3 aliphatic rings. The number of amides is 2. The lowest BCUT2D eigenvalue weighted by molar-refractivity contribution is -0.150. The average Bonchev–Trinajstić information content (AvgIpc) is 2.69. The fourth-order valence-electron chi connectivity index (χ4n) is 5.15. The van der Waals surface area contributed by atoms with Gasteiger partial charge in [0.2, 0.25) is 11.8 Å². The van der Waals surface area contributed by atoms with Gasteiger partial charge in [-0.05, 0) is 43.2 Å². The van der Waals surface area contributed by atoms with Crippen LogP contribution in [0.5, 0.6) is 0 Å². The Bertz CT molecular complexity index is 681. The number of nitrogens with zero attached hydrogens (tertiary/aromatic N) is 1. The van der Waals surface area contributed by atoms with Crippen LogP contribution >= 0.6 is 0 Å². The van der Waals surface area contributed by atoms with Crippen LogP contribution in [0.1, 0.15) is 31.2 Å². The van der Waals surface area contributed by atoms with Gasteiger partial charge in [0, 0.05) is 32.0 Å². The van der Waals surface area contributed by atoms with Crippen molar-refractivity contribution >= 4 is 11.8 Å². The summed E-state index contributed by atoms with van der Waals surface area (Å²) in [5.41, 5.74) is 0.934. The molecule has 0 aromatic heterocycles. The van der Waals surface area contributed by atoms with Crippen LogP contribution in [0.3, 0.4) is 0 Å². The summed E-state index contributed by atoms with van der Waals surface area (Å²) >= 11 is 0. The molecular weight excluding hydrogens is 342 g/mol. The molecule has 0 saturated carbocycles. The highest BCUT2D eigenvalue weighted by Gasteiger charge is 2.47. The highest BCUT2D eigenvalue weighted by atomic mass is 16.3. The van der Waals surface area contributed by atoms with E-state index in [4.69, 9.17) is 0 Å². The van der Waals surface area contributed by atoms with Crippen molar-refractivity contribution in [2.24, 2.45) is 11.8 Å². The lowest BCUT2D eigenvalue weighted by Gasteiger charge is -2.54. The summed E-state index contributed by atoms with van der Waals surface area (Å²) in [6.07, 6.45) is 3.00. The van der Waals surface area contributed by atoms with Crippen molar-refractivity contribution in [1.82, 2.24) is 15.5 Å². The van der Waals surface area contributed by atoms with Crippen LogP contribution < -0.4 is 10.6 Å². The molecule has 0 aliphatic carbocycles. The molecule has 6 nitrogen and oxygen atoms in total. The molecule has 2 bridgehead atoms. The molecule has 0 spiro atoms. The normalized spacial score (nSPS) is 31.1. The Kier molecular flexibility index (Phi) is 5.45. The number of piperidine rings is 3. The number of carbonyl (C=O) groups excluding carboxylic acids is 2. The molecule has 0 radical (unpaired) electrons. The Morgan fingerprint density at radius 2 is 2.04 bits per heavy atom. The molecule has 0 unspecified atom stereocenters. The lowest BCUT2D eigenvalue weighted by atomic mass is 9.72. The van der Waals surface area contributed by atoms with Gasteiger partial charge >= 0.3 is 0 Å². The van der Waals surface area contributed by atoms with Crippen molar-refractivity contribution in [3.05, 3.63) is 35.9 Å². The fraction of sp³-hybridized carbons (Fsp3) is 0.619. The largest absolute Gasteiger partial charge is 0.383 e. The molecule has 4 rings (SSSR count). The predicted molar refractivity (Wildman–Crippen MR) is 102 cm³/mol. The van der Waals surface area contributed by atoms with E-state index in [-0.39, 0.29) is 17.9 Å². The zero-order chi connectivity index (χ0) is 18.8. The molecule has 1 aromatic carbocycles. The Morgan fingerprint density at radius 1 is 1.26 bits per heavy atom. The molecule has 3 N–H and O–H groups in total. The summed E-state index contributed by atoms with van der Waals surface area (Å²) in [7, 11) is 0. The molecule has 6 heteroatoms. The first-order chi connectivity index (χ1) is 13.1. The number of aliphatic hydroxyl groups excluding tert-OH is 1. The van der Waals surface area contributed by atoms with Gasteiger partial charge in [-0.3, -0.25) is 9.59 Å². The average molecular weight is 371 g/mol. The van der Waals surface area contributed by atoms with Crippen LogP contribution in [0, 0.1) is 11.8 Å². The van der Waals surface area contributed by atoms with E-state index in [1.165, 1.54) is 0 Å². The number of fused-ring (bicyclic) bond motifs is 4. The topological polar surface area (TPSA) is 81.7 Å². The van der Waals surface area contributed by atoms with E-state index >= 15 is 0 Å². The number of nitrogens with one attached hydrogen (secondary N) is 2.